The summed E-state index contributed by atoms with van der Waals surface area (Å²) in [6.45, 7) is 1.39. The number of unbranched alkanes of at least 4 members (excludes halogenated alkanes) is 2. The van der Waals surface area contributed by atoms with E-state index >= 15 is 0 Å². The summed E-state index contributed by atoms with van der Waals surface area (Å²) in [7, 11) is 1.37. The van der Waals surface area contributed by atoms with Crippen LogP contribution in [0.1, 0.15) is 24.8 Å². The van der Waals surface area contributed by atoms with E-state index in [0.29, 0.717) is 11.1 Å². The molecule has 19 heavy (non-hydrogen) atoms. The molecule has 0 aliphatic carbocycles. The molecule has 0 heterocycles. The molecule has 0 aliphatic rings. The molecule has 0 fully saturated rings. The summed E-state index contributed by atoms with van der Waals surface area (Å²) >= 11 is 3.17. The van der Waals surface area contributed by atoms with Gasteiger partial charge in [0.1, 0.15) is 0 Å². The Hall–Kier alpha value is -1.13. The van der Waals surface area contributed by atoms with Crippen LogP contribution in [0.4, 0.5) is 0 Å². The molecule has 3 nitrogen and oxygen atoms in total. The van der Waals surface area contributed by atoms with Gasteiger partial charge in [-0.3, -0.25) is 0 Å². The zero-order valence-electron chi connectivity index (χ0n) is 11.1. The van der Waals surface area contributed by atoms with Crippen LogP contribution in [-0.2, 0) is 20.9 Å². The first-order valence-electron chi connectivity index (χ1n) is 6.29. The van der Waals surface area contributed by atoms with Crippen molar-refractivity contribution in [3.8, 4) is 0 Å². The molecule has 1 rings (SSSR count). The van der Waals surface area contributed by atoms with Gasteiger partial charge in [0, 0.05) is 6.61 Å². The Labute approximate surface area is 122 Å². The second-order valence-corrected chi connectivity index (χ2v) is 4.93. The number of benzene rings is 1. The van der Waals surface area contributed by atoms with Crippen molar-refractivity contribution in [2.45, 2.75) is 25.9 Å². The maximum Gasteiger partial charge on any atom is 0.344 e. The number of esters is 1. The third kappa shape index (κ3) is 7.13. The van der Waals surface area contributed by atoms with Gasteiger partial charge in [-0.25, -0.2) is 4.79 Å². The van der Waals surface area contributed by atoms with Gasteiger partial charge in [0.15, 0.2) is 0 Å². The molecular weight excluding hydrogens is 308 g/mol. The topological polar surface area (TPSA) is 35.5 Å². The van der Waals surface area contributed by atoms with Crippen LogP contribution in [-0.4, -0.2) is 19.7 Å². The number of carbonyl (C=O) groups excluding carboxylic acids is 1. The van der Waals surface area contributed by atoms with E-state index < -0.39 is 0 Å². The predicted octanol–water partition coefficient (Wildman–Crippen LogP) is 3.83. The van der Waals surface area contributed by atoms with Gasteiger partial charge in [0.2, 0.25) is 0 Å². The van der Waals surface area contributed by atoms with Crippen molar-refractivity contribution in [3.63, 3.8) is 0 Å². The molecule has 0 radical (unpaired) electrons. The highest BCUT2D eigenvalue weighted by Crippen LogP contribution is 2.10. The van der Waals surface area contributed by atoms with Crippen LogP contribution in [0.3, 0.4) is 0 Å². The summed E-state index contributed by atoms with van der Waals surface area (Å²) in [6.07, 6.45) is 4.64. The molecule has 0 saturated heterocycles. The van der Waals surface area contributed by atoms with E-state index in [1.54, 1.807) is 0 Å². The fourth-order valence-electron chi connectivity index (χ4n) is 1.52. The van der Waals surface area contributed by atoms with E-state index in [9.17, 15) is 4.79 Å². The summed E-state index contributed by atoms with van der Waals surface area (Å²) in [5.41, 5.74) is 1.19. The van der Waals surface area contributed by atoms with Crippen LogP contribution in [0.2, 0.25) is 0 Å². The largest absolute Gasteiger partial charge is 0.465 e. The Kier molecular flexibility index (Phi) is 8.18. The molecule has 0 atom stereocenters. The maximum absolute atomic E-state index is 11.1. The summed E-state index contributed by atoms with van der Waals surface area (Å²) in [6, 6.07) is 10.1. The van der Waals surface area contributed by atoms with Crippen molar-refractivity contribution in [3.05, 3.63) is 46.5 Å². The van der Waals surface area contributed by atoms with E-state index in [0.717, 1.165) is 25.9 Å². The minimum absolute atomic E-state index is 0.333. The monoisotopic (exact) mass is 326 g/mol. The smallest absolute Gasteiger partial charge is 0.344 e. The normalized spacial score (nSPS) is 11.4. The Balaban J connectivity index is 2.04. The van der Waals surface area contributed by atoms with E-state index in [4.69, 9.17) is 4.74 Å². The van der Waals surface area contributed by atoms with Crippen molar-refractivity contribution in [1.29, 1.82) is 0 Å². The van der Waals surface area contributed by atoms with Gasteiger partial charge in [-0.1, -0.05) is 36.4 Å². The predicted molar refractivity (Wildman–Crippen MR) is 79.0 cm³/mol. The Morgan fingerprint density at radius 1 is 1.26 bits per heavy atom. The molecular formula is C15H19BrO3. The van der Waals surface area contributed by atoms with Crippen molar-refractivity contribution in [2.24, 2.45) is 0 Å². The van der Waals surface area contributed by atoms with Crippen LogP contribution in [0, 0.1) is 0 Å². The number of rotatable bonds is 8. The molecule has 1 aromatic rings. The van der Waals surface area contributed by atoms with E-state index in [1.165, 1.54) is 12.7 Å². The average molecular weight is 327 g/mol. The second-order valence-electron chi connectivity index (χ2n) is 4.08. The Morgan fingerprint density at radius 3 is 2.68 bits per heavy atom. The molecule has 0 aliphatic heterocycles. The summed E-state index contributed by atoms with van der Waals surface area (Å²) < 4.78 is 10.6. The second kappa shape index (κ2) is 9.75. The summed E-state index contributed by atoms with van der Waals surface area (Å²) in [5.74, 6) is -0.333. The minimum Gasteiger partial charge on any atom is -0.465 e. The molecule has 0 unspecified atom stereocenters. The lowest BCUT2D eigenvalue weighted by Crippen LogP contribution is -1.99. The van der Waals surface area contributed by atoms with Gasteiger partial charge < -0.3 is 9.47 Å². The highest BCUT2D eigenvalue weighted by atomic mass is 79.9. The third-order valence-electron chi connectivity index (χ3n) is 2.56. The maximum atomic E-state index is 11.1. The molecule has 1 aromatic carbocycles. The number of hydrogen-bond acceptors (Lipinski definition) is 3. The van der Waals surface area contributed by atoms with Crippen LogP contribution >= 0.6 is 15.9 Å². The number of carbonyl (C=O) groups is 1. The molecule has 0 N–H and O–H groups in total. The van der Waals surface area contributed by atoms with Crippen LogP contribution in [0.25, 0.3) is 0 Å². The lowest BCUT2D eigenvalue weighted by atomic mass is 10.2. The van der Waals surface area contributed by atoms with E-state index in [1.807, 2.05) is 24.3 Å². The van der Waals surface area contributed by atoms with Gasteiger partial charge in [0.05, 0.1) is 18.2 Å². The Bertz CT molecular complexity index is 401. The number of ether oxygens (including phenoxy) is 2. The zero-order valence-corrected chi connectivity index (χ0v) is 12.7. The average Bonchev–Trinajstić information content (AvgIpc) is 2.46. The van der Waals surface area contributed by atoms with Gasteiger partial charge in [0.25, 0.3) is 0 Å². The zero-order chi connectivity index (χ0) is 13.9. The highest BCUT2D eigenvalue weighted by Gasteiger charge is 2.03. The lowest BCUT2D eigenvalue weighted by Gasteiger charge is -2.03. The molecule has 0 bridgehead atoms. The van der Waals surface area contributed by atoms with Crippen LogP contribution in [0.15, 0.2) is 40.9 Å². The van der Waals surface area contributed by atoms with Crippen molar-refractivity contribution in [1.82, 2.24) is 0 Å². The summed E-state index contributed by atoms with van der Waals surface area (Å²) in [4.78, 5) is 11.1. The number of methoxy groups -OCH3 is 1. The van der Waals surface area contributed by atoms with Crippen molar-refractivity contribution in [2.75, 3.05) is 13.7 Å². The first kappa shape index (κ1) is 15.9. The third-order valence-corrected chi connectivity index (χ3v) is 3.21. The standard InChI is InChI=1S/C15H19BrO3/c1-18-15(17)14(16)10-6-3-7-11-19-12-13-8-4-2-5-9-13/h2,4-5,8-10H,3,6-7,11-12H2,1H3/b14-10-. The minimum atomic E-state index is -0.333. The van der Waals surface area contributed by atoms with Crippen LogP contribution < -0.4 is 0 Å². The first-order chi connectivity index (χ1) is 9.24. The SMILES string of the molecule is COC(=O)/C(Br)=C/CCCCOCc1ccccc1. The quantitative estimate of drug-likeness (QED) is 0.414. The van der Waals surface area contributed by atoms with E-state index in [2.05, 4.69) is 32.8 Å². The van der Waals surface area contributed by atoms with Crippen LogP contribution in [0.5, 0.6) is 0 Å². The number of allylic oxidation sites excluding steroid dienone is 1. The van der Waals surface area contributed by atoms with Gasteiger partial charge in [-0.15, -0.1) is 0 Å². The fraction of sp³-hybridized carbons (Fsp3) is 0.400. The van der Waals surface area contributed by atoms with Gasteiger partial charge in [-0.2, -0.15) is 0 Å². The molecule has 0 spiro atoms. The lowest BCUT2D eigenvalue weighted by molar-refractivity contribution is -0.135. The number of hydrogen-bond donors (Lipinski definition) is 0. The molecule has 0 aromatic heterocycles. The molecule has 4 heteroatoms. The van der Waals surface area contributed by atoms with Gasteiger partial charge >= 0.3 is 5.97 Å². The number of halogens is 1. The van der Waals surface area contributed by atoms with Crippen molar-refractivity contribution >= 4 is 21.9 Å². The van der Waals surface area contributed by atoms with Crippen molar-refractivity contribution < 1.29 is 14.3 Å². The molecule has 104 valence electrons. The molecule has 0 amide bonds. The molecule has 0 saturated carbocycles. The fourth-order valence-corrected chi connectivity index (χ4v) is 1.91. The summed E-state index contributed by atoms with van der Waals surface area (Å²) in [5, 5.41) is 0. The highest BCUT2D eigenvalue weighted by molar-refractivity contribution is 9.12. The van der Waals surface area contributed by atoms with E-state index in [-0.39, 0.29) is 5.97 Å². The van der Waals surface area contributed by atoms with Gasteiger partial charge in [-0.05, 0) is 40.8 Å². The first-order valence-corrected chi connectivity index (χ1v) is 7.09. The Morgan fingerprint density at radius 2 is 2.00 bits per heavy atom.